The van der Waals surface area contributed by atoms with E-state index in [4.69, 9.17) is 0 Å². The second kappa shape index (κ2) is 9.84. The van der Waals surface area contributed by atoms with E-state index in [1.165, 1.54) is 33.1 Å². The van der Waals surface area contributed by atoms with Crippen molar-refractivity contribution in [2.24, 2.45) is 0 Å². The van der Waals surface area contributed by atoms with Crippen molar-refractivity contribution in [3.05, 3.63) is 111 Å². The van der Waals surface area contributed by atoms with E-state index in [0.29, 0.717) is 7.35 Å². The van der Waals surface area contributed by atoms with Crippen LogP contribution in [0.4, 0.5) is 0 Å². The molecule has 2 aliphatic carbocycles. The van der Waals surface area contributed by atoms with E-state index >= 15 is 0 Å². The fourth-order valence-corrected chi connectivity index (χ4v) is 13.9. The largest absolute Gasteiger partial charge is 1.00 e. The van der Waals surface area contributed by atoms with Gasteiger partial charge in [0.15, 0.2) is 0 Å². The summed E-state index contributed by atoms with van der Waals surface area (Å²) in [6.07, 6.45) is 7.45. The van der Waals surface area contributed by atoms with E-state index in [1.54, 1.807) is 16.4 Å². The molecule has 3 aromatic rings. The SMILES string of the molecule is Cc1ccccc1PC1=Cc2ccccc2[CH]1[Hf+2][CH]1C=Cc2c(C)ccc(C)c21.[F-].[F-]. The average Bonchev–Trinajstić information content (AvgIpc) is 3.30. The molecule has 3 unspecified atom stereocenters. The van der Waals surface area contributed by atoms with Crippen LogP contribution in [0.25, 0.3) is 12.2 Å². The van der Waals surface area contributed by atoms with E-state index in [-0.39, 0.29) is 9.41 Å². The number of halogens is 2. The van der Waals surface area contributed by atoms with Crippen molar-refractivity contribution in [2.45, 2.75) is 28.1 Å². The molecule has 0 heterocycles. The van der Waals surface area contributed by atoms with Gasteiger partial charge in [-0.1, -0.05) is 0 Å². The summed E-state index contributed by atoms with van der Waals surface area (Å²) < 4.78 is 1.40. The van der Waals surface area contributed by atoms with E-state index in [1.807, 2.05) is 0 Å². The zero-order chi connectivity index (χ0) is 20.0. The zero-order valence-electron chi connectivity index (χ0n) is 17.9. The molecule has 0 nitrogen and oxygen atoms in total. The average molecular weight is 597 g/mol. The Kier molecular flexibility index (Phi) is 7.60. The molecular formula is C27H25F2HfP. The third-order valence-electron chi connectivity index (χ3n) is 6.19. The molecule has 0 bridgehead atoms. The van der Waals surface area contributed by atoms with Crippen LogP contribution >= 0.6 is 8.58 Å². The zero-order valence-corrected chi connectivity index (χ0v) is 22.5. The number of aryl methyl sites for hydroxylation is 3. The maximum atomic E-state index is 2.53. The molecule has 0 spiro atoms. The first kappa shape index (κ1) is 24.0. The van der Waals surface area contributed by atoms with Gasteiger partial charge in [0, 0.05) is 0 Å². The predicted octanol–water partition coefficient (Wildman–Crippen LogP) is 0.870. The molecular weight excluding hydrogens is 572 g/mol. The maximum absolute atomic E-state index is 2.53. The molecule has 156 valence electrons. The molecule has 31 heavy (non-hydrogen) atoms. The molecule has 0 saturated heterocycles. The monoisotopic (exact) mass is 598 g/mol. The second-order valence-corrected chi connectivity index (χ2v) is 15.0. The van der Waals surface area contributed by atoms with Crippen LogP contribution in [0.1, 0.15) is 46.3 Å². The molecule has 3 aromatic carbocycles. The van der Waals surface area contributed by atoms with Crippen LogP contribution < -0.4 is 14.7 Å². The molecule has 3 atom stereocenters. The first-order valence-electron chi connectivity index (χ1n) is 10.3. The smallest absolute Gasteiger partial charge is 1.00 e. The Labute approximate surface area is 196 Å². The van der Waals surface area contributed by atoms with E-state index in [0.717, 1.165) is 8.58 Å². The van der Waals surface area contributed by atoms with Crippen molar-refractivity contribution in [3.63, 3.8) is 0 Å². The normalized spacial score (nSPS) is 18.1. The number of allylic oxidation sites excluding steroid dienone is 2. The molecule has 4 heteroatoms. The number of hydrogen-bond acceptors (Lipinski definition) is 0. The summed E-state index contributed by atoms with van der Waals surface area (Å²) >= 11 is -1.04. The molecule has 0 saturated carbocycles. The van der Waals surface area contributed by atoms with Gasteiger partial charge in [-0.2, -0.15) is 0 Å². The van der Waals surface area contributed by atoms with Crippen LogP contribution in [-0.2, 0) is 22.9 Å². The quantitative estimate of drug-likeness (QED) is 0.310. The Morgan fingerprint density at radius 1 is 0.774 bits per heavy atom. The second-order valence-electron chi connectivity index (χ2n) is 8.13. The molecule has 2 aliphatic rings. The van der Waals surface area contributed by atoms with Gasteiger partial charge in [0.2, 0.25) is 0 Å². The summed E-state index contributed by atoms with van der Waals surface area (Å²) in [5.41, 5.74) is 10.5. The minimum absolute atomic E-state index is 0. The molecule has 5 rings (SSSR count). The summed E-state index contributed by atoms with van der Waals surface area (Å²) in [6.45, 7) is 6.81. The van der Waals surface area contributed by atoms with Crippen molar-refractivity contribution in [1.82, 2.24) is 0 Å². The van der Waals surface area contributed by atoms with Crippen LogP contribution in [0, 0.1) is 20.8 Å². The van der Waals surface area contributed by atoms with Gasteiger partial charge in [-0.25, -0.2) is 0 Å². The predicted molar refractivity (Wildman–Crippen MR) is 124 cm³/mol. The number of rotatable bonds is 4. The topological polar surface area (TPSA) is 0 Å². The van der Waals surface area contributed by atoms with Gasteiger partial charge >= 0.3 is 188 Å². The molecule has 0 N–H and O–H groups in total. The Morgan fingerprint density at radius 2 is 1.48 bits per heavy atom. The van der Waals surface area contributed by atoms with Crippen molar-refractivity contribution < 1.29 is 32.3 Å². The minimum atomic E-state index is -1.04. The number of hydrogen-bond donors (Lipinski definition) is 0. The first-order chi connectivity index (χ1) is 14.1. The summed E-state index contributed by atoms with van der Waals surface area (Å²) in [5, 5.41) is 3.19. The van der Waals surface area contributed by atoms with Crippen molar-refractivity contribution in [3.8, 4) is 0 Å². The van der Waals surface area contributed by atoms with Crippen LogP contribution in [0.3, 0.4) is 0 Å². The van der Waals surface area contributed by atoms with Crippen LogP contribution in [0.2, 0.25) is 0 Å². The van der Waals surface area contributed by atoms with Crippen molar-refractivity contribution >= 4 is 26.0 Å². The van der Waals surface area contributed by atoms with Gasteiger partial charge in [0.1, 0.15) is 0 Å². The Morgan fingerprint density at radius 3 is 2.29 bits per heavy atom. The number of fused-ring (bicyclic) bond motifs is 2. The summed E-state index contributed by atoms with van der Waals surface area (Å²) in [5.74, 6) is 0. The summed E-state index contributed by atoms with van der Waals surface area (Å²) in [4.78, 5) is 0. The van der Waals surface area contributed by atoms with Gasteiger partial charge < -0.3 is 9.41 Å². The van der Waals surface area contributed by atoms with Gasteiger partial charge in [-0.3, -0.25) is 0 Å². The van der Waals surface area contributed by atoms with Gasteiger partial charge in [0.05, 0.1) is 0 Å². The van der Waals surface area contributed by atoms with Crippen LogP contribution in [-0.4, -0.2) is 0 Å². The first-order valence-corrected chi connectivity index (χ1v) is 15.4. The molecule has 0 aliphatic heterocycles. The summed E-state index contributed by atoms with van der Waals surface area (Å²) in [7, 11) is 0.790. The number of benzene rings is 3. The molecule has 0 fully saturated rings. The van der Waals surface area contributed by atoms with Gasteiger partial charge in [-0.15, -0.1) is 0 Å². The van der Waals surface area contributed by atoms with Crippen molar-refractivity contribution in [1.29, 1.82) is 0 Å². The third kappa shape index (κ3) is 4.45. The fourth-order valence-electron chi connectivity index (χ4n) is 4.58. The third-order valence-corrected chi connectivity index (χ3v) is 15.2. The van der Waals surface area contributed by atoms with E-state index in [2.05, 4.69) is 99.7 Å². The fraction of sp³-hybridized carbons (Fsp3) is 0.185. The van der Waals surface area contributed by atoms with Crippen molar-refractivity contribution in [2.75, 3.05) is 0 Å². The van der Waals surface area contributed by atoms with Crippen LogP contribution in [0.15, 0.2) is 72.1 Å². The minimum Gasteiger partial charge on any atom is -1.00 e. The molecule has 0 amide bonds. The molecule has 0 radical (unpaired) electrons. The van der Waals surface area contributed by atoms with Gasteiger partial charge in [-0.05, 0) is 0 Å². The Balaban J connectivity index is 0.00000136. The van der Waals surface area contributed by atoms with Gasteiger partial charge in [0.25, 0.3) is 0 Å². The summed E-state index contributed by atoms with van der Waals surface area (Å²) in [6, 6.07) is 22.7. The van der Waals surface area contributed by atoms with E-state index in [9.17, 15) is 0 Å². The maximum Gasteiger partial charge on any atom is -1.00 e. The van der Waals surface area contributed by atoms with E-state index < -0.39 is 22.9 Å². The Hall–Kier alpha value is -1.70. The molecule has 0 aromatic heterocycles. The standard InChI is InChI=1S/C16H14P.C11H11.2FH.Hf/c1-12-6-2-5-9-16(12)17-15-10-13-7-3-4-8-14(13)11-15;1-8-6-7-9(2)11-5-3-4-10(8)11;;;/h2-11,17H,1H3;3-7H,1-2H3;2*1H;/q;;;;+2/p-2. The van der Waals surface area contributed by atoms with Crippen LogP contribution in [0.5, 0.6) is 0 Å². The Bertz CT molecular complexity index is 1170.